The van der Waals surface area contributed by atoms with Crippen LogP contribution in [0.15, 0.2) is 77.7 Å². The van der Waals surface area contributed by atoms with Crippen molar-refractivity contribution >= 4 is 21.7 Å². The standard InChI is InChI=1S/C27H31NO2S/c1-19(2)26(28-31(29,30)27-21(4)16-20(3)17-22(27)5)25(24-14-10-7-11-15-24)18-23-12-8-6-9-13-23/h6-19,26,28H,1-5H3/b25-18+. The molecule has 0 aliphatic heterocycles. The van der Waals surface area contributed by atoms with Crippen LogP contribution in [0.3, 0.4) is 0 Å². The summed E-state index contributed by atoms with van der Waals surface area (Å²) in [5.74, 6) is 0.0519. The van der Waals surface area contributed by atoms with E-state index in [-0.39, 0.29) is 12.0 Å². The van der Waals surface area contributed by atoms with Crippen molar-refractivity contribution in [2.24, 2.45) is 5.92 Å². The lowest BCUT2D eigenvalue weighted by Crippen LogP contribution is -2.40. The van der Waals surface area contributed by atoms with Crippen LogP contribution in [0.2, 0.25) is 0 Å². The fraction of sp³-hybridized carbons (Fsp3) is 0.259. The first-order valence-electron chi connectivity index (χ1n) is 10.6. The first kappa shape index (κ1) is 23.0. The van der Waals surface area contributed by atoms with Crippen LogP contribution in [0.1, 0.15) is 41.7 Å². The van der Waals surface area contributed by atoms with Gasteiger partial charge in [-0.05, 0) is 60.6 Å². The maximum atomic E-state index is 13.5. The molecule has 1 N–H and O–H groups in total. The van der Waals surface area contributed by atoms with Crippen LogP contribution in [0.25, 0.3) is 11.6 Å². The van der Waals surface area contributed by atoms with Crippen LogP contribution in [0, 0.1) is 26.7 Å². The highest BCUT2D eigenvalue weighted by Crippen LogP contribution is 2.29. The summed E-state index contributed by atoms with van der Waals surface area (Å²) in [4.78, 5) is 0.371. The Kier molecular flexibility index (Phi) is 7.14. The maximum absolute atomic E-state index is 13.5. The molecule has 0 spiro atoms. The van der Waals surface area contributed by atoms with Crippen molar-refractivity contribution < 1.29 is 8.42 Å². The fourth-order valence-corrected chi connectivity index (χ4v) is 5.90. The molecule has 0 aliphatic rings. The lowest BCUT2D eigenvalue weighted by Gasteiger charge is -2.27. The zero-order valence-electron chi connectivity index (χ0n) is 18.9. The number of hydrogen-bond acceptors (Lipinski definition) is 2. The summed E-state index contributed by atoms with van der Waals surface area (Å²) in [7, 11) is -3.72. The van der Waals surface area contributed by atoms with Gasteiger partial charge in [0, 0.05) is 6.04 Å². The number of rotatable bonds is 7. The maximum Gasteiger partial charge on any atom is 0.241 e. The van der Waals surface area contributed by atoms with Crippen molar-refractivity contribution in [1.29, 1.82) is 0 Å². The smallest absolute Gasteiger partial charge is 0.207 e. The lowest BCUT2D eigenvalue weighted by molar-refractivity contribution is 0.517. The molecule has 3 nitrogen and oxygen atoms in total. The highest BCUT2D eigenvalue weighted by Gasteiger charge is 2.28. The molecule has 4 heteroatoms. The number of nitrogens with one attached hydrogen (secondary N) is 1. The molecule has 0 aliphatic carbocycles. The number of aryl methyl sites for hydroxylation is 3. The van der Waals surface area contributed by atoms with Gasteiger partial charge < -0.3 is 0 Å². The van der Waals surface area contributed by atoms with Crippen LogP contribution in [-0.4, -0.2) is 14.5 Å². The van der Waals surface area contributed by atoms with E-state index in [1.54, 1.807) is 0 Å². The van der Waals surface area contributed by atoms with Crippen molar-refractivity contribution in [2.75, 3.05) is 0 Å². The van der Waals surface area contributed by atoms with Crippen molar-refractivity contribution in [3.63, 3.8) is 0 Å². The molecule has 3 aromatic rings. The second kappa shape index (κ2) is 9.63. The SMILES string of the molecule is Cc1cc(C)c(S(=O)(=O)NC(/C(=C/c2ccccc2)c2ccccc2)C(C)C)c(C)c1. The van der Waals surface area contributed by atoms with E-state index >= 15 is 0 Å². The van der Waals surface area contributed by atoms with Gasteiger partial charge in [-0.3, -0.25) is 0 Å². The van der Waals surface area contributed by atoms with Gasteiger partial charge in [-0.25, -0.2) is 13.1 Å². The zero-order valence-corrected chi connectivity index (χ0v) is 19.7. The van der Waals surface area contributed by atoms with E-state index in [1.165, 1.54) is 0 Å². The predicted octanol–water partition coefficient (Wildman–Crippen LogP) is 6.16. The van der Waals surface area contributed by atoms with E-state index in [0.29, 0.717) is 4.90 Å². The van der Waals surface area contributed by atoms with E-state index in [2.05, 4.69) is 10.8 Å². The van der Waals surface area contributed by atoms with E-state index in [1.807, 2.05) is 107 Å². The van der Waals surface area contributed by atoms with Gasteiger partial charge in [0.05, 0.1) is 4.90 Å². The highest BCUT2D eigenvalue weighted by atomic mass is 32.2. The summed E-state index contributed by atoms with van der Waals surface area (Å²) in [6.45, 7) is 9.79. The molecule has 3 rings (SSSR count). The Balaban J connectivity index is 2.11. The molecule has 0 amide bonds. The van der Waals surface area contributed by atoms with E-state index < -0.39 is 10.0 Å². The average Bonchev–Trinajstić information content (AvgIpc) is 2.71. The molecule has 1 atom stereocenters. The Hall–Kier alpha value is -2.69. The second-order valence-corrected chi connectivity index (χ2v) is 10.1. The van der Waals surface area contributed by atoms with Crippen LogP contribution in [0.4, 0.5) is 0 Å². The third-order valence-electron chi connectivity index (χ3n) is 5.39. The summed E-state index contributed by atoms with van der Waals surface area (Å²) in [6, 6.07) is 23.5. The van der Waals surface area contributed by atoms with Crippen molar-refractivity contribution in [1.82, 2.24) is 4.72 Å². The molecule has 0 saturated heterocycles. The summed E-state index contributed by atoms with van der Waals surface area (Å²) < 4.78 is 30.1. The minimum atomic E-state index is -3.72. The minimum absolute atomic E-state index is 0.0519. The minimum Gasteiger partial charge on any atom is -0.207 e. The molecule has 3 aromatic carbocycles. The van der Waals surface area contributed by atoms with Gasteiger partial charge in [-0.1, -0.05) is 92.2 Å². The first-order chi connectivity index (χ1) is 14.7. The molecular weight excluding hydrogens is 402 g/mol. The molecular formula is C27H31NO2S. The third kappa shape index (κ3) is 5.52. The molecule has 1 unspecified atom stereocenters. The Morgan fingerprint density at radius 1 is 0.839 bits per heavy atom. The van der Waals surface area contributed by atoms with Gasteiger partial charge in [0.2, 0.25) is 10.0 Å². The van der Waals surface area contributed by atoms with Gasteiger partial charge in [-0.15, -0.1) is 0 Å². The summed E-state index contributed by atoms with van der Waals surface area (Å²) in [5, 5.41) is 0. The molecule has 162 valence electrons. The molecule has 0 heterocycles. The lowest BCUT2D eigenvalue weighted by atomic mass is 9.90. The number of benzene rings is 3. The monoisotopic (exact) mass is 433 g/mol. The van der Waals surface area contributed by atoms with Crippen molar-refractivity contribution in [2.45, 2.75) is 45.6 Å². The van der Waals surface area contributed by atoms with Crippen molar-refractivity contribution in [3.05, 3.63) is 101 Å². The van der Waals surface area contributed by atoms with Gasteiger partial charge in [-0.2, -0.15) is 0 Å². The van der Waals surface area contributed by atoms with Gasteiger partial charge >= 0.3 is 0 Å². The highest BCUT2D eigenvalue weighted by molar-refractivity contribution is 7.89. The summed E-state index contributed by atoms with van der Waals surface area (Å²) in [5.41, 5.74) is 5.58. The molecule has 0 saturated carbocycles. The van der Waals surface area contributed by atoms with Gasteiger partial charge in [0.15, 0.2) is 0 Å². The third-order valence-corrected chi connectivity index (χ3v) is 7.13. The Bertz CT molecular complexity index is 1140. The second-order valence-electron chi connectivity index (χ2n) is 8.45. The largest absolute Gasteiger partial charge is 0.241 e. The predicted molar refractivity (Wildman–Crippen MR) is 130 cm³/mol. The van der Waals surface area contributed by atoms with Gasteiger partial charge in [0.25, 0.3) is 0 Å². The van der Waals surface area contributed by atoms with E-state index in [4.69, 9.17) is 0 Å². The molecule has 0 aromatic heterocycles. The Labute approximate surface area is 186 Å². The molecule has 0 fully saturated rings. The number of sulfonamides is 1. The quantitative estimate of drug-likeness (QED) is 0.454. The van der Waals surface area contributed by atoms with Crippen LogP contribution < -0.4 is 4.72 Å². The normalized spacial score (nSPS) is 13.4. The molecule has 31 heavy (non-hydrogen) atoms. The summed E-state index contributed by atoms with van der Waals surface area (Å²) in [6.07, 6.45) is 2.08. The number of hydrogen-bond donors (Lipinski definition) is 1. The molecule has 0 radical (unpaired) electrons. The summed E-state index contributed by atoms with van der Waals surface area (Å²) >= 11 is 0. The Morgan fingerprint density at radius 3 is 1.87 bits per heavy atom. The van der Waals surface area contributed by atoms with Gasteiger partial charge in [0.1, 0.15) is 0 Å². The van der Waals surface area contributed by atoms with E-state index in [0.717, 1.165) is 33.4 Å². The molecule has 0 bridgehead atoms. The van der Waals surface area contributed by atoms with Crippen LogP contribution in [0.5, 0.6) is 0 Å². The first-order valence-corrected chi connectivity index (χ1v) is 12.1. The topological polar surface area (TPSA) is 46.2 Å². The average molecular weight is 434 g/mol. The zero-order chi connectivity index (χ0) is 22.6. The fourth-order valence-electron chi connectivity index (χ4n) is 4.09. The van der Waals surface area contributed by atoms with E-state index in [9.17, 15) is 8.42 Å². The Morgan fingerprint density at radius 2 is 1.35 bits per heavy atom. The van der Waals surface area contributed by atoms with Crippen LogP contribution >= 0.6 is 0 Å². The van der Waals surface area contributed by atoms with Crippen LogP contribution in [-0.2, 0) is 10.0 Å². The van der Waals surface area contributed by atoms with Crippen molar-refractivity contribution in [3.8, 4) is 0 Å².